The van der Waals surface area contributed by atoms with E-state index < -0.39 is 0 Å². The summed E-state index contributed by atoms with van der Waals surface area (Å²) in [6.07, 6.45) is 14.2. The molecule has 0 bridgehead atoms. The number of unbranched alkanes of at least 4 members (excludes halogenated alkanes) is 6. The second-order valence-corrected chi connectivity index (χ2v) is 5.25. The van der Waals surface area contributed by atoms with Crippen LogP contribution in [-0.2, 0) is 0 Å². The Balaban J connectivity index is 2.14. The number of pyridine rings is 1. The van der Waals surface area contributed by atoms with E-state index in [0.717, 1.165) is 6.42 Å². The number of hydrogen-bond acceptors (Lipinski definition) is 2. The molecule has 102 valence electrons. The van der Waals surface area contributed by atoms with E-state index in [0.29, 0.717) is 0 Å². The molecule has 1 aromatic heterocycles. The number of rotatable bonds is 9. The van der Waals surface area contributed by atoms with Gasteiger partial charge in [-0.2, -0.15) is 0 Å². The van der Waals surface area contributed by atoms with Gasteiger partial charge in [-0.3, -0.25) is 4.98 Å². The largest absolute Gasteiger partial charge is 0.324 e. The maximum Gasteiger partial charge on any atom is 0.0318 e. The minimum atomic E-state index is 0.161. The first-order chi connectivity index (χ1) is 8.75. The molecule has 0 aliphatic heterocycles. The maximum atomic E-state index is 6.22. The van der Waals surface area contributed by atoms with Gasteiger partial charge in [-0.15, -0.1) is 0 Å². The molecule has 0 saturated heterocycles. The molecule has 0 radical (unpaired) electrons. The summed E-state index contributed by atoms with van der Waals surface area (Å²) < 4.78 is 0. The molecule has 1 heterocycles. The molecule has 1 unspecified atom stereocenters. The van der Waals surface area contributed by atoms with Crippen molar-refractivity contribution in [1.29, 1.82) is 0 Å². The molecule has 2 N–H and O–H groups in total. The molecule has 2 heteroatoms. The SMILES string of the molecule is CCCCCCCCCC(N)c1cnccc1C. The van der Waals surface area contributed by atoms with E-state index in [4.69, 9.17) is 5.73 Å². The summed E-state index contributed by atoms with van der Waals surface area (Å²) in [4.78, 5) is 4.16. The van der Waals surface area contributed by atoms with Gasteiger partial charge in [0.05, 0.1) is 0 Å². The van der Waals surface area contributed by atoms with Crippen molar-refractivity contribution in [3.63, 3.8) is 0 Å². The second-order valence-electron chi connectivity index (χ2n) is 5.25. The van der Waals surface area contributed by atoms with Gasteiger partial charge in [0.15, 0.2) is 0 Å². The molecule has 0 amide bonds. The lowest BCUT2D eigenvalue weighted by Gasteiger charge is -2.13. The summed E-state index contributed by atoms with van der Waals surface area (Å²) in [5.41, 5.74) is 8.69. The molecule has 0 saturated carbocycles. The number of nitrogens with two attached hydrogens (primary N) is 1. The van der Waals surface area contributed by atoms with Crippen molar-refractivity contribution in [2.24, 2.45) is 5.73 Å². The average molecular weight is 248 g/mol. The molecule has 0 aliphatic carbocycles. The molecule has 2 nitrogen and oxygen atoms in total. The molecular formula is C16H28N2. The fourth-order valence-electron chi connectivity index (χ4n) is 2.34. The lowest BCUT2D eigenvalue weighted by atomic mass is 9.98. The second kappa shape index (κ2) is 9.09. The van der Waals surface area contributed by atoms with Crippen LogP contribution in [-0.4, -0.2) is 4.98 Å². The van der Waals surface area contributed by atoms with E-state index in [2.05, 4.69) is 18.8 Å². The normalized spacial score (nSPS) is 12.6. The van der Waals surface area contributed by atoms with E-state index in [1.165, 1.54) is 56.1 Å². The Bertz CT molecular complexity index is 323. The molecule has 18 heavy (non-hydrogen) atoms. The highest BCUT2D eigenvalue weighted by Crippen LogP contribution is 2.20. The van der Waals surface area contributed by atoms with Gasteiger partial charge in [-0.05, 0) is 30.5 Å². The zero-order valence-electron chi connectivity index (χ0n) is 12.0. The predicted molar refractivity (Wildman–Crippen MR) is 78.5 cm³/mol. The predicted octanol–water partition coefficient (Wildman–Crippen LogP) is 4.53. The monoisotopic (exact) mass is 248 g/mol. The van der Waals surface area contributed by atoms with E-state index in [1.807, 2.05) is 18.5 Å². The van der Waals surface area contributed by atoms with Crippen LogP contribution in [0.1, 0.15) is 75.5 Å². The molecule has 0 fully saturated rings. The molecule has 0 spiro atoms. The molecule has 0 aliphatic rings. The van der Waals surface area contributed by atoms with Gasteiger partial charge in [0.2, 0.25) is 0 Å². The summed E-state index contributed by atoms with van der Waals surface area (Å²) in [5.74, 6) is 0. The average Bonchev–Trinajstić information content (AvgIpc) is 2.38. The van der Waals surface area contributed by atoms with Crippen molar-refractivity contribution in [1.82, 2.24) is 4.98 Å². The Labute approximate surface area is 112 Å². The van der Waals surface area contributed by atoms with Crippen molar-refractivity contribution in [3.05, 3.63) is 29.6 Å². The Morgan fingerprint density at radius 1 is 1.11 bits per heavy atom. The van der Waals surface area contributed by atoms with Crippen molar-refractivity contribution in [2.45, 2.75) is 71.3 Å². The molecule has 1 rings (SSSR count). The van der Waals surface area contributed by atoms with Crippen LogP contribution in [0.25, 0.3) is 0 Å². The van der Waals surface area contributed by atoms with Crippen LogP contribution in [0.15, 0.2) is 18.5 Å². The van der Waals surface area contributed by atoms with Gasteiger partial charge in [0, 0.05) is 18.4 Å². The van der Waals surface area contributed by atoms with Crippen molar-refractivity contribution < 1.29 is 0 Å². The van der Waals surface area contributed by atoms with Crippen LogP contribution in [0.5, 0.6) is 0 Å². The standard InChI is InChI=1S/C16H28N2/c1-3-4-5-6-7-8-9-10-16(17)15-13-18-12-11-14(15)2/h11-13,16H,3-10,17H2,1-2H3. The van der Waals surface area contributed by atoms with Crippen LogP contribution in [0, 0.1) is 6.92 Å². The first-order valence-corrected chi connectivity index (χ1v) is 7.41. The lowest BCUT2D eigenvalue weighted by Crippen LogP contribution is -2.11. The number of aromatic nitrogens is 1. The number of aryl methyl sites for hydroxylation is 1. The fraction of sp³-hybridized carbons (Fsp3) is 0.688. The van der Waals surface area contributed by atoms with Crippen LogP contribution < -0.4 is 5.73 Å². The quantitative estimate of drug-likeness (QED) is 0.652. The third-order valence-electron chi connectivity index (χ3n) is 3.60. The Kier molecular flexibility index (Phi) is 7.66. The van der Waals surface area contributed by atoms with Gasteiger partial charge in [0.1, 0.15) is 0 Å². The smallest absolute Gasteiger partial charge is 0.0318 e. The van der Waals surface area contributed by atoms with E-state index in [9.17, 15) is 0 Å². The van der Waals surface area contributed by atoms with E-state index in [-0.39, 0.29) is 6.04 Å². The fourth-order valence-corrected chi connectivity index (χ4v) is 2.34. The summed E-state index contributed by atoms with van der Waals surface area (Å²) in [7, 11) is 0. The zero-order valence-corrected chi connectivity index (χ0v) is 12.0. The van der Waals surface area contributed by atoms with Gasteiger partial charge in [-0.25, -0.2) is 0 Å². The lowest BCUT2D eigenvalue weighted by molar-refractivity contribution is 0.539. The Morgan fingerprint density at radius 3 is 2.44 bits per heavy atom. The Morgan fingerprint density at radius 2 is 1.78 bits per heavy atom. The maximum absolute atomic E-state index is 6.22. The van der Waals surface area contributed by atoms with Gasteiger partial charge < -0.3 is 5.73 Å². The highest BCUT2D eigenvalue weighted by molar-refractivity contribution is 5.24. The topological polar surface area (TPSA) is 38.9 Å². The van der Waals surface area contributed by atoms with Crippen molar-refractivity contribution in [2.75, 3.05) is 0 Å². The number of hydrogen-bond donors (Lipinski definition) is 1. The Hall–Kier alpha value is -0.890. The molecule has 1 atom stereocenters. The van der Waals surface area contributed by atoms with Gasteiger partial charge in [-0.1, -0.05) is 51.9 Å². The highest BCUT2D eigenvalue weighted by Gasteiger charge is 2.08. The van der Waals surface area contributed by atoms with Crippen LogP contribution in [0.4, 0.5) is 0 Å². The molecule has 1 aromatic rings. The van der Waals surface area contributed by atoms with Crippen molar-refractivity contribution in [3.8, 4) is 0 Å². The third-order valence-corrected chi connectivity index (χ3v) is 3.60. The molecular weight excluding hydrogens is 220 g/mol. The van der Waals surface area contributed by atoms with E-state index in [1.54, 1.807) is 0 Å². The van der Waals surface area contributed by atoms with E-state index >= 15 is 0 Å². The van der Waals surface area contributed by atoms with Crippen LogP contribution in [0.3, 0.4) is 0 Å². The van der Waals surface area contributed by atoms with Crippen molar-refractivity contribution >= 4 is 0 Å². The first kappa shape index (κ1) is 15.2. The number of nitrogens with zero attached hydrogens (tertiary/aromatic N) is 1. The van der Waals surface area contributed by atoms with Crippen LogP contribution >= 0.6 is 0 Å². The van der Waals surface area contributed by atoms with Gasteiger partial charge >= 0.3 is 0 Å². The first-order valence-electron chi connectivity index (χ1n) is 7.41. The summed E-state index contributed by atoms with van der Waals surface area (Å²) in [6, 6.07) is 2.20. The zero-order chi connectivity index (χ0) is 13.2. The minimum absolute atomic E-state index is 0.161. The minimum Gasteiger partial charge on any atom is -0.324 e. The highest BCUT2D eigenvalue weighted by atomic mass is 14.7. The molecule has 0 aromatic carbocycles. The summed E-state index contributed by atoms with van der Waals surface area (Å²) in [6.45, 7) is 4.37. The summed E-state index contributed by atoms with van der Waals surface area (Å²) >= 11 is 0. The summed E-state index contributed by atoms with van der Waals surface area (Å²) in [5, 5.41) is 0. The van der Waals surface area contributed by atoms with Crippen LogP contribution in [0.2, 0.25) is 0 Å². The van der Waals surface area contributed by atoms with Gasteiger partial charge in [0.25, 0.3) is 0 Å². The third kappa shape index (κ3) is 5.63.